The van der Waals surface area contributed by atoms with Gasteiger partial charge in [-0.1, -0.05) is 15.9 Å². The van der Waals surface area contributed by atoms with Gasteiger partial charge in [-0.25, -0.2) is 0 Å². The first-order valence-corrected chi connectivity index (χ1v) is 8.15. The van der Waals surface area contributed by atoms with Crippen molar-refractivity contribution in [2.45, 2.75) is 26.2 Å². The van der Waals surface area contributed by atoms with Gasteiger partial charge in [-0.15, -0.1) is 0 Å². The number of carbonyl (C=O) groups excluding carboxylic acids is 1. The minimum Gasteiger partial charge on any atom is -0.395 e. The van der Waals surface area contributed by atoms with Crippen LogP contribution in [-0.4, -0.2) is 36.0 Å². The summed E-state index contributed by atoms with van der Waals surface area (Å²) in [6, 6.07) is 7.73. The second kappa shape index (κ2) is 9.77. The molecule has 0 radical (unpaired) electrons. The van der Waals surface area contributed by atoms with Gasteiger partial charge in [0.25, 0.3) is 0 Å². The van der Waals surface area contributed by atoms with Crippen molar-refractivity contribution in [1.29, 1.82) is 0 Å². The fourth-order valence-corrected chi connectivity index (χ4v) is 2.35. The molecule has 1 aromatic rings. The van der Waals surface area contributed by atoms with Crippen LogP contribution in [0.1, 0.15) is 26.2 Å². The number of alkyl halides is 1. The third-order valence-corrected chi connectivity index (χ3v) is 3.62. The summed E-state index contributed by atoms with van der Waals surface area (Å²) in [5.74, 6) is 0.0569. The first kappa shape index (κ1) is 17.0. The van der Waals surface area contributed by atoms with Crippen LogP contribution in [0, 0.1) is 0 Å². The highest BCUT2D eigenvalue weighted by atomic mass is 79.9. The van der Waals surface area contributed by atoms with Crippen LogP contribution in [0.3, 0.4) is 0 Å². The lowest BCUT2D eigenvalue weighted by atomic mass is 10.2. The van der Waals surface area contributed by atoms with Gasteiger partial charge in [-0.3, -0.25) is 4.79 Å². The van der Waals surface area contributed by atoms with Crippen molar-refractivity contribution < 1.29 is 9.90 Å². The molecule has 0 spiro atoms. The van der Waals surface area contributed by atoms with Crippen LogP contribution in [0.2, 0.25) is 0 Å². The Bertz CT molecular complexity index is 395. The summed E-state index contributed by atoms with van der Waals surface area (Å²) in [6.45, 7) is 3.66. The Kier molecular flexibility index (Phi) is 8.30. The van der Waals surface area contributed by atoms with Crippen molar-refractivity contribution in [2.75, 3.05) is 35.2 Å². The second-order valence-electron chi connectivity index (χ2n) is 4.54. The van der Waals surface area contributed by atoms with E-state index in [1.165, 1.54) is 0 Å². The lowest BCUT2D eigenvalue weighted by Crippen LogP contribution is -2.26. The molecule has 0 heterocycles. The Balaban J connectivity index is 2.51. The summed E-state index contributed by atoms with van der Waals surface area (Å²) in [5.41, 5.74) is 1.87. The third-order valence-electron chi connectivity index (χ3n) is 3.06. The Morgan fingerprint density at radius 2 is 2.00 bits per heavy atom. The number of anilines is 2. The van der Waals surface area contributed by atoms with Gasteiger partial charge < -0.3 is 15.3 Å². The largest absolute Gasteiger partial charge is 0.395 e. The Morgan fingerprint density at radius 1 is 1.30 bits per heavy atom. The predicted octanol–water partition coefficient (Wildman–Crippen LogP) is 3.01. The highest BCUT2D eigenvalue weighted by Gasteiger charge is 2.05. The summed E-state index contributed by atoms with van der Waals surface area (Å²) in [4.78, 5) is 13.8. The number of nitrogens with zero attached hydrogens (tertiary/aromatic N) is 1. The van der Waals surface area contributed by atoms with E-state index < -0.39 is 0 Å². The van der Waals surface area contributed by atoms with Crippen molar-refractivity contribution in [1.82, 2.24) is 0 Å². The minimum atomic E-state index is 0.0569. The molecule has 2 N–H and O–H groups in total. The molecule has 1 aromatic carbocycles. The average Bonchev–Trinajstić information content (AvgIpc) is 2.46. The van der Waals surface area contributed by atoms with E-state index in [-0.39, 0.29) is 12.5 Å². The van der Waals surface area contributed by atoms with Crippen LogP contribution in [0.4, 0.5) is 11.4 Å². The van der Waals surface area contributed by atoms with Gasteiger partial charge in [-0.05, 0) is 44.0 Å². The molecular weight excluding hydrogens is 320 g/mol. The maximum Gasteiger partial charge on any atom is 0.224 e. The summed E-state index contributed by atoms with van der Waals surface area (Å²) < 4.78 is 0. The molecule has 0 aliphatic rings. The lowest BCUT2D eigenvalue weighted by molar-refractivity contribution is -0.116. The van der Waals surface area contributed by atoms with Crippen molar-refractivity contribution in [2.24, 2.45) is 0 Å². The highest BCUT2D eigenvalue weighted by Crippen LogP contribution is 2.18. The predicted molar refractivity (Wildman–Crippen MR) is 87.7 cm³/mol. The lowest BCUT2D eigenvalue weighted by Gasteiger charge is -2.22. The maximum atomic E-state index is 11.7. The van der Waals surface area contributed by atoms with Gasteiger partial charge >= 0.3 is 0 Å². The number of halogens is 1. The van der Waals surface area contributed by atoms with E-state index in [1.54, 1.807) is 0 Å². The van der Waals surface area contributed by atoms with Gasteiger partial charge in [0.1, 0.15) is 0 Å². The van der Waals surface area contributed by atoms with E-state index in [0.29, 0.717) is 13.0 Å². The SMILES string of the molecule is CCN(CCO)c1ccc(NC(=O)CCCCBr)cc1. The molecule has 0 saturated heterocycles. The molecule has 0 unspecified atom stereocenters. The molecule has 20 heavy (non-hydrogen) atoms. The van der Waals surface area contributed by atoms with Gasteiger partial charge in [0.2, 0.25) is 5.91 Å². The van der Waals surface area contributed by atoms with Gasteiger partial charge in [0.15, 0.2) is 0 Å². The number of likely N-dealkylation sites (N-methyl/N-ethyl adjacent to an activating group) is 1. The number of amides is 1. The van der Waals surface area contributed by atoms with Gasteiger partial charge in [0, 0.05) is 36.2 Å². The molecular formula is C15H23BrN2O2. The summed E-state index contributed by atoms with van der Waals surface area (Å²) in [6.07, 6.45) is 2.47. The number of aliphatic hydroxyl groups is 1. The monoisotopic (exact) mass is 342 g/mol. The molecule has 1 rings (SSSR count). The number of hydrogen-bond donors (Lipinski definition) is 2. The van der Waals surface area contributed by atoms with Crippen LogP contribution >= 0.6 is 15.9 Å². The van der Waals surface area contributed by atoms with Gasteiger partial charge in [-0.2, -0.15) is 0 Å². The zero-order chi connectivity index (χ0) is 14.8. The first-order valence-electron chi connectivity index (χ1n) is 7.03. The third kappa shape index (κ3) is 5.92. The molecule has 4 nitrogen and oxygen atoms in total. The second-order valence-corrected chi connectivity index (χ2v) is 5.34. The molecule has 0 aliphatic carbocycles. The molecule has 0 saturated carbocycles. The Hall–Kier alpha value is -1.07. The molecule has 1 amide bonds. The zero-order valence-electron chi connectivity index (χ0n) is 11.9. The molecule has 0 atom stereocenters. The van der Waals surface area contributed by atoms with Crippen molar-refractivity contribution in [3.05, 3.63) is 24.3 Å². The maximum absolute atomic E-state index is 11.7. The number of hydrogen-bond acceptors (Lipinski definition) is 3. The summed E-state index contributed by atoms with van der Waals surface area (Å²) >= 11 is 3.35. The first-order chi connectivity index (χ1) is 9.71. The average molecular weight is 343 g/mol. The van der Waals surface area contributed by atoms with Crippen molar-refractivity contribution >= 4 is 33.2 Å². The smallest absolute Gasteiger partial charge is 0.224 e. The molecule has 0 aromatic heterocycles. The minimum absolute atomic E-state index is 0.0569. The number of benzene rings is 1. The number of carbonyl (C=O) groups is 1. The van der Waals surface area contributed by atoms with Gasteiger partial charge in [0.05, 0.1) is 6.61 Å². The fourth-order valence-electron chi connectivity index (χ4n) is 1.95. The number of nitrogens with one attached hydrogen (secondary N) is 1. The Labute approximate surface area is 129 Å². The van der Waals surface area contributed by atoms with Crippen molar-refractivity contribution in [3.8, 4) is 0 Å². The van der Waals surface area contributed by atoms with Crippen molar-refractivity contribution in [3.63, 3.8) is 0 Å². The summed E-state index contributed by atoms with van der Waals surface area (Å²) in [5, 5.41) is 12.8. The van der Waals surface area contributed by atoms with Crippen LogP contribution in [0.25, 0.3) is 0 Å². The molecule has 0 fully saturated rings. The summed E-state index contributed by atoms with van der Waals surface area (Å²) in [7, 11) is 0. The van der Waals surface area contributed by atoms with Crippen LogP contribution in [0.5, 0.6) is 0 Å². The van der Waals surface area contributed by atoms with E-state index in [4.69, 9.17) is 5.11 Å². The Morgan fingerprint density at radius 3 is 2.55 bits per heavy atom. The quantitative estimate of drug-likeness (QED) is 0.535. The van der Waals surface area contributed by atoms with E-state index >= 15 is 0 Å². The van der Waals surface area contributed by atoms with Crippen LogP contribution in [-0.2, 0) is 4.79 Å². The van der Waals surface area contributed by atoms with E-state index in [2.05, 4.69) is 33.1 Å². The van der Waals surface area contributed by atoms with Crippen LogP contribution in [0.15, 0.2) is 24.3 Å². The topological polar surface area (TPSA) is 52.6 Å². The van der Waals surface area contributed by atoms with E-state index in [1.807, 2.05) is 24.3 Å². The van der Waals surface area contributed by atoms with Crippen LogP contribution < -0.4 is 10.2 Å². The molecule has 112 valence electrons. The normalized spacial score (nSPS) is 10.3. The van der Waals surface area contributed by atoms with E-state index in [0.717, 1.165) is 36.1 Å². The molecule has 0 bridgehead atoms. The molecule has 0 aliphatic heterocycles. The molecule has 5 heteroatoms. The highest BCUT2D eigenvalue weighted by molar-refractivity contribution is 9.09. The standard InChI is InChI=1S/C15H23BrN2O2/c1-2-18(11-12-19)14-8-6-13(7-9-14)17-15(20)5-3-4-10-16/h6-9,19H,2-5,10-12H2,1H3,(H,17,20). The number of unbranched alkanes of at least 4 members (excludes halogenated alkanes) is 1. The fraction of sp³-hybridized carbons (Fsp3) is 0.533. The number of aliphatic hydroxyl groups excluding tert-OH is 1. The van der Waals surface area contributed by atoms with E-state index in [9.17, 15) is 4.79 Å². The zero-order valence-corrected chi connectivity index (χ0v) is 13.5. The number of rotatable bonds is 9.